The van der Waals surface area contributed by atoms with Crippen LogP contribution in [0, 0.1) is 0 Å². The maximum Gasteiger partial charge on any atom is 0.168 e. The zero-order valence-electron chi connectivity index (χ0n) is 20.3. The Balaban J connectivity index is 0.000000472. The molecule has 2 aromatic rings. The van der Waals surface area contributed by atoms with E-state index in [0.717, 1.165) is 5.56 Å². The van der Waals surface area contributed by atoms with Crippen molar-refractivity contribution in [1.29, 1.82) is 0 Å². The van der Waals surface area contributed by atoms with Gasteiger partial charge in [-0.15, -0.1) is 0 Å². The molecule has 0 aliphatic carbocycles. The number of hydrogen-bond donors (Lipinski definition) is 3. The molecule has 0 fully saturated rings. The van der Waals surface area contributed by atoms with Gasteiger partial charge < -0.3 is 9.78 Å². The summed E-state index contributed by atoms with van der Waals surface area (Å²) in [5.74, 6) is 2.38. The van der Waals surface area contributed by atoms with E-state index in [2.05, 4.69) is 62.3 Å². The first kappa shape index (κ1) is 28.9. The monoisotopic (exact) mass is 436 g/mol. The molecule has 176 valence electrons. The SMILES string of the molecule is CC(C)(C)OO.CC(C)c1ccc(OO)cc1.CC(C)c1cccc(OO)c1C(C)C. The van der Waals surface area contributed by atoms with E-state index < -0.39 is 5.60 Å². The van der Waals surface area contributed by atoms with Crippen molar-refractivity contribution in [3.05, 3.63) is 59.2 Å². The lowest BCUT2D eigenvalue weighted by Gasteiger charge is -2.17. The Morgan fingerprint density at radius 3 is 1.52 bits per heavy atom. The van der Waals surface area contributed by atoms with E-state index in [0.29, 0.717) is 29.3 Å². The molecule has 31 heavy (non-hydrogen) atoms. The first-order valence-corrected chi connectivity index (χ1v) is 10.6. The molecule has 0 aliphatic rings. The van der Waals surface area contributed by atoms with Crippen LogP contribution in [0.15, 0.2) is 42.5 Å². The van der Waals surface area contributed by atoms with Gasteiger partial charge in [-0.3, -0.25) is 5.26 Å². The number of hydrogen-bond acceptors (Lipinski definition) is 6. The summed E-state index contributed by atoms with van der Waals surface area (Å²) in [5, 5.41) is 24.9. The minimum absolute atomic E-state index is 0.357. The second kappa shape index (κ2) is 14.0. The average molecular weight is 437 g/mol. The molecule has 0 amide bonds. The van der Waals surface area contributed by atoms with Gasteiger partial charge in [0.1, 0.15) is 0 Å². The highest BCUT2D eigenvalue weighted by atomic mass is 17.1. The van der Waals surface area contributed by atoms with Crippen molar-refractivity contribution in [1.82, 2.24) is 0 Å². The minimum atomic E-state index is -0.403. The quantitative estimate of drug-likeness (QED) is 0.328. The van der Waals surface area contributed by atoms with Crippen LogP contribution in [-0.4, -0.2) is 21.4 Å². The lowest BCUT2D eigenvalue weighted by molar-refractivity contribution is -0.306. The standard InChI is InChI=1S/C12H18O2.C9H12O2.C4H10O2/c1-8(2)10-6-5-7-11(14-13)12(10)9(3)4;1-7(2)8-3-5-9(11-10)6-4-8;1-4(2,3)6-5/h5-9,13H,1-4H3;3-7,10H,1-2H3;5H,1-3H3. The third-order valence-electron chi connectivity index (χ3n) is 4.32. The molecule has 0 saturated carbocycles. The van der Waals surface area contributed by atoms with Gasteiger partial charge in [-0.1, -0.05) is 65.8 Å². The Bertz CT molecular complexity index is 731. The van der Waals surface area contributed by atoms with Crippen molar-refractivity contribution < 1.29 is 30.4 Å². The number of rotatable bonds is 5. The van der Waals surface area contributed by atoms with E-state index in [4.69, 9.17) is 15.8 Å². The van der Waals surface area contributed by atoms with Crippen LogP contribution in [-0.2, 0) is 4.89 Å². The Morgan fingerprint density at radius 1 is 0.677 bits per heavy atom. The van der Waals surface area contributed by atoms with Crippen LogP contribution in [0.3, 0.4) is 0 Å². The highest BCUT2D eigenvalue weighted by molar-refractivity contribution is 5.43. The van der Waals surface area contributed by atoms with Gasteiger partial charge in [0.05, 0.1) is 5.60 Å². The van der Waals surface area contributed by atoms with E-state index in [1.165, 1.54) is 11.1 Å². The van der Waals surface area contributed by atoms with E-state index in [-0.39, 0.29) is 0 Å². The topological polar surface area (TPSA) is 88.4 Å². The second-order valence-corrected chi connectivity index (χ2v) is 9.18. The van der Waals surface area contributed by atoms with Crippen LogP contribution in [0.4, 0.5) is 0 Å². The zero-order chi connectivity index (χ0) is 24.2. The van der Waals surface area contributed by atoms with Crippen molar-refractivity contribution in [2.24, 2.45) is 0 Å². The highest BCUT2D eigenvalue weighted by Gasteiger charge is 2.15. The van der Waals surface area contributed by atoms with Gasteiger partial charge >= 0.3 is 0 Å². The van der Waals surface area contributed by atoms with Gasteiger partial charge in [0.2, 0.25) is 0 Å². The molecule has 0 unspecified atom stereocenters. The molecule has 6 heteroatoms. The third kappa shape index (κ3) is 11.2. The lowest BCUT2D eigenvalue weighted by atomic mass is 9.90. The lowest BCUT2D eigenvalue weighted by Crippen LogP contribution is -2.15. The van der Waals surface area contributed by atoms with Crippen molar-refractivity contribution >= 4 is 0 Å². The van der Waals surface area contributed by atoms with Gasteiger partial charge in [0.25, 0.3) is 0 Å². The van der Waals surface area contributed by atoms with E-state index >= 15 is 0 Å². The fourth-order valence-corrected chi connectivity index (χ4v) is 2.68. The summed E-state index contributed by atoms with van der Waals surface area (Å²) in [6.45, 7) is 18.0. The summed E-state index contributed by atoms with van der Waals surface area (Å²) in [6, 6.07) is 13.2. The van der Waals surface area contributed by atoms with Gasteiger partial charge in [-0.05, 0) is 67.9 Å². The van der Waals surface area contributed by atoms with Crippen molar-refractivity contribution in [2.75, 3.05) is 0 Å². The molecule has 0 atom stereocenters. The summed E-state index contributed by atoms with van der Waals surface area (Å²) < 4.78 is 0. The molecule has 0 saturated heterocycles. The molecule has 0 radical (unpaired) electrons. The molecule has 2 rings (SSSR count). The summed E-state index contributed by atoms with van der Waals surface area (Å²) >= 11 is 0. The molecule has 2 aromatic carbocycles. The predicted molar refractivity (Wildman–Crippen MR) is 125 cm³/mol. The van der Waals surface area contributed by atoms with Crippen LogP contribution in [0.2, 0.25) is 0 Å². The van der Waals surface area contributed by atoms with E-state index in [9.17, 15) is 0 Å². The first-order chi connectivity index (χ1) is 14.4. The largest absolute Gasteiger partial charge is 0.340 e. The van der Waals surface area contributed by atoms with Crippen molar-refractivity contribution in [2.45, 2.75) is 85.7 Å². The molecular weight excluding hydrogens is 396 g/mol. The van der Waals surface area contributed by atoms with Gasteiger partial charge in [-0.25, -0.2) is 15.4 Å². The minimum Gasteiger partial charge on any atom is -0.340 e. The van der Waals surface area contributed by atoms with Crippen molar-refractivity contribution in [3.63, 3.8) is 0 Å². The van der Waals surface area contributed by atoms with Crippen LogP contribution in [0.5, 0.6) is 11.5 Å². The van der Waals surface area contributed by atoms with Gasteiger partial charge in [-0.2, -0.15) is 0 Å². The maximum atomic E-state index is 8.77. The molecular formula is C25H40O6. The zero-order valence-corrected chi connectivity index (χ0v) is 20.3. The highest BCUT2D eigenvalue weighted by Crippen LogP contribution is 2.33. The molecule has 6 nitrogen and oxygen atoms in total. The average Bonchev–Trinajstić information content (AvgIpc) is 2.73. The Kier molecular flexibility index (Phi) is 13.1. The fourth-order valence-electron chi connectivity index (χ4n) is 2.68. The molecule has 0 aromatic heterocycles. The van der Waals surface area contributed by atoms with Gasteiger partial charge in [0, 0.05) is 5.56 Å². The summed E-state index contributed by atoms with van der Waals surface area (Å²) in [4.78, 5) is 12.4. The van der Waals surface area contributed by atoms with Crippen molar-refractivity contribution in [3.8, 4) is 11.5 Å². The molecule has 0 spiro atoms. The number of benzene rings is 2. The smallest absolute Gasteiger partial charge is 0.168 e. The van der Waals surface area contributed by atoms with Crippen LogP contribution >= 0.6 is 0 Å². The van der Waals surface area contributed by atoms with E-state index in [1.807, 2.05) is 18.2 Å². The van der Waals surface area contributed by atoms with Crippen LogP contribution in [0.25, 0.3) is 0 Å². The summed E-state index contributed by atoms with van der Waals surface area (Å²) in [7, 11) is 0. The summed E-state index contributed by atoms with van der Waals surface area (Å²) in [6.07, 6.45) is 0. The summed E-state index contributed by atoms with van der Waals surface area (Å²) in [5.41, 5.74) is 3.18. The fraction of sp³-hybridized carbons (Fsp3) is 0.520. The second-order valence-electron chi connectivity index (χ2n) is 9.18. The Morgan fingerprint density at radius 2 is 1.19 bits per heavy atom. The molecule has 0 aliphatic heterocycles. The van der Waals surface area contributed by atoms with Crippen LogP contribution in [0.1, 0.15) is 96.8 Å². The molecule has 3 N–H and O–H groups in total. The Labute approximate surface area is 187 Å². The Hall–Kier alpha value is -2.12. The maximum absolute atomic E-state index is 8.77. The van der Waals surface area contributed by atoms with Crippen LogP contribution < -0.4 is 9.78 Å². The first-order valence-electron chi connectivity index (χ1n) is 10.6. The van der Waals surface area contributed by atoms with E-state index in [1.54, 1.807) is 39.0 Å². The molecule has 0 heterocycles. The normalized spacial score (nSPS) is 10.9. The predicted octanol–water partition coefficient (Wildman–Crippen LogP) is 7.72. The third-order valence-corrected chi connectivity index (χ3v) is 4.32. The molecule has 0 bridgehead atoms. The van der Waals surface area contributed by atoms with Gasteiger partial charge in [0.15, 0.2) is 11.5 Å².